The van der Waals surface area contributed by atoms with E-state index in [-0.39, 0.29) is 0 Å². The zero-order valence-corrected chi connectivity index (χ0v) is 8.64. The highest BCUT2D eigenvalue weighted by atomic mass is 32.2. The monoisotopic (exact) mass is 198 g/mol. The first-order valence-electron chi connectivity index (χ1n) is 4.07. The molecule has 0 aliphatic rings. The average molecular weight is 198 g/mol. The Kier molecular flexibility index (Phi) is 3.82. The molecule has 4 nitrogen and oxygen atoms in total. The summed E-state index contributed by atoms with van der Waals surface area (Å²) in [7, 11) is 0. The summed E-state index contributed by atoms with van der Waals surface area (Å²) < 4.78 is 0. The maximum absolute atomic E-state index is 5.41. The van der Waals surface area contributed by atoms with Crippen LogP contribution in [0.15, 0.2) is 12.1 Å². The van der Waals surface area contributed by atoms with Crippen molar-refractivity contribution in [2.45, 2.75) is 13.0 Å². The van der Waals surface area contributed by atoms with E-state index in [1.807, 2.05) is 6.07 Å². The second-order valence-electron chi connectivity index (χ2n) is 2.84. The number of nitrogens with zero attached hydrogens (tertiary/aromatic N) is 2. The Morgan fingerprint density at radius 2 is 2.31 bits per heavy atom. The molecule has 0 saturated carbocycles. The van der Waals surface area contributed by atoms with E-state index in [0.29, 0.717) is 11.9 Å². The van der Waals surface area contributed by atoms with Gasteiger partial charge in [0.15, 0.2) is 0 Å². The topological polar surface area (TPSA) is 63.8 Å². The molecule has 72 valence electrons. The van der Waals surface area contributed by atoms with Crippen molar-refractivity contribution in [1.29, 1.82) is 0 Å². The number of aromatic nitrogens is 2. The minimum atomic E-state index is 0.396. The zero-order valence-electron chi connectivity index (χ0n) is 7.82. The van der Waals surface area contributed by atoms with E-state index >= 15 is 0 Å². The normalized spacial score (nSPS) is 12.5. The molecule has 3 N–H and O–H groups in total. The third-order valence-electron chi connectivity index (χ3n) is 1.50. The van der Waals surface area contributed by atoms with Crippen LogP contribution in [0.3, 0.4) is 0 Å². The van der Waals surface area contributed by atoms with Crippen LogP contribution in [0, 0.1) is 0 Å². The van der Waals surface area contributed by atoms with Crippen LogP contribution in [0.5, 0.6) is 0 Å². The molecule has 0 aliphatic carbocycles. The number of hydrogen-bond acceptors (Lipinski definition) is 5. The Balaban J connectivity index is 2.49. The highest BCUT2D eigenvalue weighted by Gasteiger charge is 2.01. The van der Waals surface area contributed by atoms with E-state index in [4.69, 9.17) is 5.73 Å². The van der Waals surface area contributed by atoms with Gasteiger partial charge >= 0.3 is 0 Å². The zero-order chi connectivity index (χ0) is 9.68. The third-order valence-corrected chi connectivity index (χ3v) is 2.33. The van der Waals surface area contributed by atoms with Gasteiger partial charge in [0.25, 0.3) is 0 Å². The average Bonchev–Trinajstić information content (AvgIpc) is 2.09. The van der Waals surface area contributed by atoms with Crippen molar-refractivity contribution in [2.75, 3.05) is 23.1 Å². The highest BCUT2D eigenvalue weighted by Crippen LogP contribution is 2.06. The molecule has 5 heteroatoms. The van der Waals surface area contributed by atoms with E-state index in [1.54, 1.807) is 17.8 Å². The Bertz CT molecular complexity index is 249. The van der Waals surface area contributed by atoms with Crippen LogP contribution in [0.2, 0.25) is 0 Å². The van der Waals surface area contributed by atoms with Crippen molar-refractivity contribution in [3.05, 3.63) is 12.1 Å². The third kappa shape index (κ3) is 3.50. The van der Waals surface area contributed by atoms with Gasteiger partial charge in [-0.05, 0) is 25.3 Å². The summed E-state index contributed by atoms with van der Waals surface area (Å²) in [6, 6.07) is 3.97. The fourth-order valence-electron chi connectivity index (χ4n) is 0.964. The van der Waals surface area contributed by atoms with Gasteiger partial charge in [0, 0.05) is 11.8 Å². The number of nitrogens with one attached hydrogen (secondary N) is 1. The second-order valence-corrected chi connectivity index (χ2v) is 3.75. The lowest BCUT2D eigenvalue weighted by molar-refractivity contribution is 0.887. The molecule has 13 heavy (non-hydrogen) atoms. The fourth-order valence-corrected chi connectivity index (χ4v) is 1.55. The Hall–Kier alpha value is -0.970. The molecule has 1 aromatic heterocycles. The smallest absolute Gasteiger partial charge is 0.149 e. The van der Waals surface area contributed by atoms with E-state index in [9.17, 15) is 0 Å². The van der Waals surface area contributed by atoms with Crippen molar-refractivity contribution in [1.82, 2.24) is 10.2 Å². The van der Waals surface area contributed by atoms with Gasteiger partial charge in [0.2, 0.25) is 0 Å². The van der Waals surface area contributed by atoms with E-state index in [0.717, 1.165) is 11.6 Å². The quantitative estimate of drug-likeness (QED) is 0.761. The van der Waals surface area contributed by atoms with Gasteiger partial charge in [0.1, 0.15) is 11.6 Å². The predicted molar refractivity (Wildman–Crippen MR) is 57.9 cm³/mol. The first-order chi connectivity index (χ1) is 6.22. The molecule has 0 fully saturated rings. The van der Waals surface area contributed by atoms with Gasteiger partial charge in [0.05, 0.1) is 0 Å². The molecular formula is C8H14N4S. The van der Waals surface area contributed by atoms with Gasteiger partial charge in [-0.2, -0.15) is 11.8 Å². The van der Waals surface area contributed by atoms with Crippen LogP contribution < -0.4 is 11.1 Å². The molecule has 1 aromatic rings. The van der Waals surface area contributed by atoms with Gasteiger partial charge in [-0.15, -0.1) is 10.2 Å². The lowest BCUT2D eigenvalue weighted by atomic mass is 10.4. The lowest BCUT2D eigenvalue weighted by Gasteiger charge is -2.11. The summed E-state index contributed by atoms with van der Waals surface area (Å²) in [6.45, 7) is 2.11. The second kappa shape index (κ2) is 4.91. The number of hydrogen-bond donors (Lipinski definition) is 2. The summed E-state index contributed by atoms with van der Waals surface area (Å²) >= 11 is 1.80. The van der Waals surface area contributed by atoms with Gasteiger partial charge < -0.3 is 11.1 Å². The standard InChI is InChI=1S/C8H14N4S/c1-6(5-13-2)10-8-4-3-7(9)11-12-8/h3-4,6H,5H2,1-2H3,(H2,9,11)(H,10,12). The number of nitrogen functional groups attached to an aromatic ring is 1. The lowest BCUT2D eigenvalue weighted by Crippen LogP contribution is -2.18. The minimum Gasteiger partial charge on any atom is -0.382 e. The predicted octanol–water partition coefficient (Wildman–Crippen LogP) is 1.22. The van der Waals surface area contributed by atoms with Crippen molar-refractivity contribution >= 4 is 23.4 Å². The molecule has 1 heterocycles. The summed E-state index contributed by atoms with van der Waals surface area (Å²) in [5.41, 5.74) is 5.41. The summed E-state index contributed by atoms with van der Waals surface area (Å²) in [5.74, 6) is 2.27. The molecule has 1 unspecified atom stereocenters. The van der Waals surface area contributed by atoms with E-state index < -0.39 is 0 Å². The molecule has 0 amide bonds. The molecule has 1 atom stereocenters. The Morgan fingerprint density at radius 1 is 1.54 bits per heavy atom. The number of anilines is 2. The Labute approximate surface area is 82.3 Å². The van der Waals surface area contributed by atoms with Crippen molar-refractivity contribution < 1.29 is 0 Å². The fraction of sp³-hybridized carbons (Fsp3) is 0.500. The first kappa shape index (κ1) is 10.1. The van der Waals surface area contributed by atoms with Gasteiger partial charge in [-0.3, -0.25) is 0 Å². The van der Waals surface area contributed by atoms with Crippen molar-refractivity contribution in [2.24, 2.45) is 0 Å². The summed E-state index contributed by atoms with van der Waals surface area (Å²) in [6.07, 6.45) is 2.08. The first-order valence-corrected chi connectivity index (χ1v) is 5.46. The van der Waals surface area contributed by atoms with Crippen LogP contribution in [0.1, 0.15) is 6.92 Å². The van der Waals surface area contributed by atoms with Crippen LogP contribution in [0.4, 0.5) is 11.6 Å². The molecule has 0 bridgehead atoms. The summed E-state index contributed by atoms with van der Waals surface area (Å²) in [5, 5.41) is 10.9. The molecule has 0 saturated heterocycles. The Morgan fingerprint density at radius 3 is 2.85 bits per heavy atom. The van der Waals surface area contributed by atoms with Gasteiger partial charge in [-0.25, -0.2) is 0 Å². The molecule has 0 aromatic carbocycles. The highest BCUT2D eigenvalue weighted by molar-refractivity contribution is 7.98. The molecule has 0 radical (unpaired) electrons. The molecule has 0 aliphatic heterocycles. The van der Waals surface area contributed by atoms with E-state index in [1.165, 1.54) is 0 Å². The molecular weight excluding hydrogens is 184 g/mol. The SMILES string of the molecule is CSCC(C)Nc1ccc(N)nn1. The van der Waals surface area contributed by atoms with Crippen LogP contribution in [0.25, 0.3) is 0 Å². The van der Waals surface area contributed by atoms with Crippen LogP contribution in [-0.2, 0) is 0 Å². The van der Waals surface area contributed by atoms with Crippen LogP contribution in [-0.4, -0.2) is 28.2 Å². The number of nitrogens with two attached hydrogens (primary N) is 1. The molecule has 0 spiro atoms. The number of thioether (sulfide) groups is 1. The van der Waals surface area contributed by atoms with E-state index in [2.05, 4.69) is 28.7 Å². The molecule has 1 rings (SSSR count). The summed E-state index contributed by atoms with van der Waals surface area (Å²) in [4.78, 5) is 0. The van der Waals surface area contributed by atoms with Crippen LogP contribution >= 0.6 is 11.8 Å². The van der Waals surface area contributed by atoms with Gasteiger partial charge in [-0.1, -0.05) is 0 Å². The largest absolute Gasteiger partial charge is 0.382 e. The number of rotatable bonds is 4. The van der Waals surface area contributed by atoms with Crippen molar-refractivity contribution in [3.63, 3.8) is 0 Å². The maximum Gasteiger partial charge on any atom is 0.149 e. The van der Waals surface area contributed by atoms with Crippen molar-refractivity contribution in [3.8, 4) is 0 Å². The maximum atomic E-state index is 5.41. The minimum absolute atomic E-state index is 0.396.